The molecular weight excluding hydrogens is 274 g/mol. The molecule has 4 nitrogen and oxygen atoms in total. The molecule has 0 aromatic carbocycles. The van der Waals surface area contributed by atoms with E-state index in [0.29, 0.717) is 11.4 Å². The summed E-state index contributed by atoms with van der Waals surface area (Å²) in [5.74, 6) is 0. The number of rotatable bonds is 5. The minimum absolute atomic E-state index is 0.226. The quantitative estimate of drug-likeness (QED) is 0.908. The fourth-order valence-corrected chi connectivity index (χ4v) is 3.35. The van der Waals surface area contributed by atoms with Crippen LogP contribution in [0.3, 0.4) is 0 Å². The van der Waals surface area contributed by atoms with Gasteiger partial charge in [-0.2, -0.15) is 5.10 Å². The van der Waals surface area contributed by atoms with E-state index in [2.05, 4.69) is 23.8 Å². The van der Waals surface area contributed by atoms with Gasteiger partial charge in [-0.25, -0.2) is 0 Å². The monoisotopic (exact) mass is 299 g/mol. The smallest absolute Gasteiger partial charge is 0.0850 e. The van der Waals surface area contributed by atoms with Crippen molar-refractivity contribution in [1.82, 2.24) is 14.7 Å². The van der Waals surface area contributed by atoms with Gasteiger partial charge < -0.3 is 5.11 Å². The van der Waals surface area contributed by atoms with Crippen molar-refractivity contribution in [2.45, 2.75) is 58.1 Å². The van der Waals surface area contributed by atoms with Crippen LogP contribution in [0.4, 0.5) is 0 Å². The number of aromatic nitrogens is 2. The maximum absolute atomic E-state index is 10.7. The minimum Gasteiger partial charge on any atom is -0.391 e. The summed E-state index contributed by atoms with van der Waals surface area (Å²) in [5.41, 5.74) is 1.62. The molecule has 0 spiro atoms. The van der Waals surface area contributed by atoms with Crippen molar-refractivity contribution in [3.8, 4) is 0 Å². The van der Waals surface area contributed by atoms with Crippen LogP contribution in [-0.2, 0) is 19.9 Å². The topological polar surface area (TPSA) is 41.3 Å². The van der Waals surface area contributed by atoms with E-state index in [-0.39, 0.29) is 5.54 Å². The van der Waals surface area contributed by atoms with Crippen LogP contribution in [0, 0.1) is 0 Å². The maximum atomic E-state index is 10.7. The molecule has 1 aliphatic heterocycles. The lowest BCUT2D eigenvalue weighted by molar-refractivity contribution is 0.00241. The van der Waals surface area contributed by atoms with Crippen molar-refractivity contribution in [1.29, 1.82) is 0 Å². The van der Waals surface area contributed by atoms with Crippen LogP contribution >= 0.6 is 11.6 Å². The average molecular weight is 300 g/mol. The highest BCUT2D eigenvalue weighted by molar-refractivity contribution is 6.31. The van der Waals surface area contributed by atoms with Gasteiger partial charge in [0.15, 0.2) is 0 Å². The summed E-state index contributed by atoms with van der Waals surface area (Å²) < 4.78 is 1.81. The molecule has 1 aromatic rings. The first kappa shape index (κ1) is 15.8. The van der Waals surface area contributed by atoms with Crippen LogP contribution in [0.25, 0.3) is 0 Å². The highest BCUT2D eigenvalue weighted by Gasteiger charge is 2.36. The van der Waals surface area contributed by atoms with E-state index in [1.165, 1.54) is 12.8 Å². The highest BCUT2D eigenvalue weighted by atomic mass is 35.5. The summed E-state index contributed by atoms with van der Waals surface area (Å²) in [7, 11) is 1.90. The van der Waals surface area contributed by atoms with Crippen molar-refractivity contribution in [3.63, 3.8) is 0 Å². The zero-order valence-electron chi connectivity index (χ0n) is 13.0. The predicted octanol–water partition coefficient (Wildman–Crippen LogP) is 2.41. The number of likely N-dealkylation sites (tertiary alicyclic amines) is 1. The van der Waals surface area contributed by atoms with E-state index in [4.69, 9.17) is 11.6 Å². The lowest BCUT2D eigenvalue weighted by atomic mass is 9.91. The van der Waals surface area contributed by atoms with Gasteiger partial charge in [-0.1, -0.05) is 18.5 Å². The maximum Gasteiger partial charge on any atom is 0.0850 e. The van der Waals surface area contributed by atoms with Crippen LogP contribution in [0.2, 0.25) is 5.02 Å². The Hall–Kier alpha value is -0.580. The van der Waals surface area contributed by atoms with Gasteiger partial charge in [0, 0.05) is 19.0 Å². The van der Waals surface area contributed by atoms with Gasteiger partial charge in [-0.15, -0.1) is 0 Å². The largest absolute Gasteiger partial charge is 0.391 e. The van der Waals surface area contributed by atoms with Gasteiger partial charge in [0.1, 0.15) is 0 Å². The Morgan fingerprint density at radius 3 is 2.45 bits per heavy atom. The number of nitrogens with zero attached hydrogens (tertiary/aromatic N) is 3. The molecule has 1 fully saturated rings. The molecule has 1 aliphatic rings. The van der Waals surface area contributed by atoms with Crippen molar-refractivity contribution >= 4 is 11.6 Å². The van der Waals surface area contributed by atoms with Gasteiger partial charge in [0.2, 0.25) is 0 Å². The molecule has 0 bridgehead atoms. The molecule has 1 unspecified atom stereocenters. The van der Waals surface area contributed by atoms with E-state index in [1.54, 1.807) is 0 Å². The molecule has 0 aliphatic carbocycles. The van der Waals surface area contributed by atoms with Crippen molar-refractivity contribution < 1.29 is 5.11 Å². The summed E-state index contributed by atoms with van der Waals surface area (Å²) in [6.45, 7) is 8.43. The molecular formula is C15H26ClN3O. The fourth-order valence-electron chi connectivity index (χ4n) is 2.98. The lowest BCUT2D eigenvalue weighted by Gasteiger charge is -2.39. The molecule has 2 rings (SSSR count). The van der Waals surface area contributed by atoms with Crippen molar-refractivity contribution in [3.05, 3.63) is 16.4 Å². The van der Waals surface area contributed by atoms with Crippen molar-refractivity contribution in [2.24, 2.45) is 7.05 Å². The summed E-state index contributed by atoms with van der Waals surface area (Å²) in [6, 6.07) is 0. The predicted molar refractivity (Wildman–Crippen MR) is 82.2 cm³/mol. The fraction of sp³-hybridized carbons (Fsp3) is 0.800. The van der Waals surface area contributed by atoms with E-state index in [1.807, 2.05) is 18.7 Å². The number of aliphatic hydroxyl groups excluding tert-OH is 1. The van der Waals surface area contributed by atoms with Crippen LogP contribution in [0.5, 0.6) is 0 Å². The molecule has 1 N–H and O–H groups in total. The Morgan fingerprint density at radius 1 is 1.35 bits per heavy atom. The Morgan fingerprint density at radius 2 is 1.95 bits per heavy atom. The molecule has 114 valence electrons. The van der Waals surface area contributed by atoms with E-state index < -0.39 is 6.10 Å². The van der Waals surface area contributed by atoms with Crippen LogP contribution in [0.1, 0.15) is 45.0 Å². The van der Waals surface area contributed by atoms with E-state index >= 15 is 0 Å². The molecule has 20 heavy (non-hydrogen) atoms. The first-order valence-electron chi connectivity index (χ1n) is 7.51. The normalized spacial score (nSPS) is 18.7. The van der Waals surface area contributed by atoms with E-state index in [0.717, 1.165) is 30.9 Å². The summed E-state index contributed by atoms with van der Waals surface area (Å²) in [5, 5.41) is 15.8. The second-order valence-electron chi connectivity index (χ2n) is 6.25. The molecule has 1 saturated heterocycles. The zero-order chi connectivity index (χ0) is 14.9. The van der Waals surface area contributed by atoms with Gasteiger partial charge >= 0.3 is 0 Å². The summed E-state index contributed by atoms with van der Waals surface area (Å²) in [6.07, 6.45) is 3.37. The minimum atomic E-state index is -0.446. The molecule has 5 heteroatoms. The third kappa shape index (κ3) is 2.87. The number of aliphatic hydroxyl groups is 1. The third-order valence-corrected chi connectivity index (χ3v) is 5.06. The molecule has 1 aromatic heterocycles. The van der Waals surface area contributed by atoms with Crippen LogP contribution in [0.15, 0.2) is 0 Å². The molecule has 0 radical (unpaired) electrons. The number of hydrogen-bond acceptors (Lipinski definition) is 3. The number of halogens is 1. The molecule has 1 atom stereocenters. The summed E-state index contributed by atoms with van der Waals surface area (Å²) in [4.78, 5) is 2.38. The van der Waals surface area contributed by atoms with Gasteiger partial charge in [0.25, 0.3) is 0 Å². The number of hydrogen-bond donors (Lipinski definition) is 1. The molecule has 0 saturated carbocycles. The Kier molecular flexibility index (Phi) is 4.77. The van der Waals surface area contributed by atoms with E-state index in [9.17, 15) is 5.11 Å². The SMILES string of the molecule is CCc1nn(C)c(CC(O)C(C)(C)N2CCCC2)c1Cl. The summed E-state index contributed by atoms with van der Waals surface area (Å²) >= 11 is 6.38. The van der Waals surface area contributed by atoms with Gasteiger partial charge in [-0.3, -0.25) is 9.58 Å². The Balaban J connectivity index is 2.14. The second kappa shape index (κ2) is 6.04. The van der Waals surface area contributed by atoms with Crippen molar-refractivity contribution in [2.75, 3.05) is 13.1 Å². The van der Waals surface area contributed by atoms with Crippen LogP contribution in [-0.4, -0.2) is 44.5 Å². The first-order valence-corrected chi connectivity index (χ1v) is 7.89. The third-order valence-electron chi connectivity index (χ3n) is 4.63. The lowest BCUT2D eigenvalue weighted by Crippen LogP contribution is -2.52. The van der Waals surface area contributed by atoms with Crippen LogP contribution < -0.4 is 0 Å². The zero-order valence-corrected chi connectivity index (χ0v) is 13.7. The average Bonchev–Trinajstić information content (AvgIpc) is 3.02. The first-order chi connectivity index (χ1) is 9.37. The van der Waals surface area contributed by atoms with Gasteiger partial charge in [0.05, 0.1) is 22.5 Å². The number of aryl methyl sites for hydroxylation is 2. The molecule has 0 amide bonds. The standard InChI is InChI=1S/C15H26ClN3O/c1-5-11-14(16)12(18(4)17-11)10-13(20)15(2,3)19-8-6-7-9-19/h13,20H,5-10H2,1-4H3. The van der Waals surface area contributed by atoms with Gasteiger partial charge in [-0.05, 0) is 46.2 Å². The Bertz CT molecular complexity index is 464. The molecule has 2 heterocycles. The Labute approximate surface area is 126 Å². The highest BCUT2D eigenvalue weighted by Crippen LogP contribution is 2.29. The second-order valence-corrected chi connectivity index (χ2v) is 6.63.